The summed E-state index contributed by atoms with van der Waals surface area (Å²) in [4.78, 5) is 44.0. The third-order valence-corrected chi connectivity index (χ3v) is 8.98. The minimum atomic E-state index is -1.16. The highest BCUT2D eigenvalue weighted by Crippen LogP contribution is 2.55. The maximum Gasteiger partial charge on any atom is 0.246 e. The minimum absolute atomic E-state index is 0.102. The summed E-state index contributed by atoms with van der Waals surface area (Å²) in [5.74, 6) is -1.59. The van der Waals surface area contributed by atoms with Gasteiger partial charge >= 0.3 is 0 Å². The molecule has 194 valence electrons. The SMILES string of the molecule is COc1cccc(NC(=O)[C@H]2[C@H]3C=C[C@@]4(O3)[C@H]2C(=O)N(Cc2cccs2)[C@@H]4C(=O)NC2CCCCC2)c1. The number of nitrogens with one attached hydrogen (secondary N) is 2. The number of carbonyl (C=O) groups excluding carboxylic acids is 3. The maximum atomic E-state index is 14.0. The molecule has 2 aromatic rings. The molecule has 2 bridgehead atoms. The molecule has 6 rings (SSSR count). The number of fused-ring (bicyclic) bond motifs is 1. The molecule has 4 aliphatic rings. The number of rotatable bonds is 7. The lowest BCUT2D eigenvalue weighted by molar-refractivity contribution is -0.142. The molecule has 3 amide bonds. The highest BCUT2D eigenvalue weighted by atomic mass is 32.1. The monoisotopic (exact) mass is 521 g/mol. The van der Waals surface area contributed by atoms with E-state index in [0.717, 1.165) is 30.6 Å². The second kappa shape index (κ2) is 9.61. The van der Waals surface area contributed by atoms with Crippen molar-refractivity contribution >= 4 is 34.7 Å². The Hall–Kier alpha value is -3.17. The predicted molar refractivity (Wildman–Crippen MR) is 139 cm³/mol. The first-order valence-corrected chi connectivity index (χ1v) is 13.8. The molecule has 5 atom stereocenters. The lowest BCUT2D eigenvalue weighted by atomic mass is 9.74. The average molecular weight is 522 g/mol. The van der Waals surface area contributed by atoms with Crippen LogP contribution in [0.4, 0.5) is 5.69 Å². The number of nitrogens with zero attached hydrogens (tertiary/aromatic N) is 1. The zero-order valence-corrected chi connectivity index (χ0v) is 21.5. The molecule has 8 nitrogen and oxygen atoms in total. The van der Waals surface area contributed by atoms with Gasteiger partial charge in [0.25, 0.3) is 0 Å². The van der Waals surface area contributed by atoms with Crippen LogP contribution in [0.3, 0.4) is 0 Å². The fourth-order valence-corrected chi connectivity index (χ4v) is 7.16. The highest BCUT2D eigenvalue weighted by Gasteiger charge is 2.72. The number of anilines is 1. The highest BCUT2D eigenvalue weighted by molar-refractivity contribution is 7.09. The maximum absolute atomic E-state index is 14.0. The predicted octanol–water partition coefficient (Wildman–Crippen LogP) is 3.49. The van der Waals surface area contributed by atoms with Crippen molar-refractivity contribution in [1.82, 2.24) is 10.2 Å². The van der Waals surface area contributed by atoms with Crippen LogP contribution in [0, 0.1) is 11.8 Å². The first-order valence-electron chi connectivity index (χ1n) is 13.0. The Morgan fingerprint density at radius 3 is 2.76 bits per heavy atom. The van der Waals surface area contributed by atoms with Crippen LogP contribution in [0.25, 0.3) is 0 Å². The molecule has 37 heavy (non-hydrogen) atoms. The van der Waals surface area contributed by atoms with Crippen LogP contribution in [0.2, 0.25) is 0 Å². The summed E-state index contributed by atoms with van der Waals surface area (Å²) in [5, 5.41) is 8.12. The first-order chi connectivity index (χ1) is 18.0. The Balaban J connectivity index is 1.31. The molecular weight excluding hydrogens is 490 g/mol. The Morgan fingerprint density at radius 2 is 2.00 bits per heavy atom. The summed E-state index contributed by atoms with van der Waals surface area (Å²) in [6.45, 7) is 0.309. The number of carbonyl (C=O) groups is 3. The van der Waals surface area contributed by atoms with E-state index in [-0.39, 0.29) is 23.8 Å². The second-order valence-electron chi connectivity index (χ2n) is 10.3. The summed E-state index contributed by atoms with van der Waals surface area (Å²) < 4.78 is 11.7. The third kappa shape index (κ3) is 4.14. The molecule has 2 saturated heterocycles. The van der Waals surface area contributed by atoms with Crippen LogP contribution in [0.1, 0.15) is 37.0 Å². The van der Waals surface area contributed by atoms with Gasteiger partial charge in [-0.05, 0) is 36.4 Å². The minimum Gasteiger partial charge on any atom is -0.497 e. The van der Waals surface area contributed by atoms with E-state index in [4.69, 9.17) is 9.47 Å². The van der Waals surface area contributed by atoms with Gasteiger partial charge in [-0.2, -0.15) is 0 Å². The van der Waals surface area contributed by atoms with Crippen LogP contribution in [-0.4, -0.2) is 53.5 Å². The first kappa shape index (κ1) is 24.2. The quantitative estimate of drug-likeness (QED) is 0.544. The van der Waals surface area contributed by atoms with Gasteiger partial charge in [0.1, 0.15) is 17.4 Å². The van der Waals surface area contributed by atoms with E-state index in [0.29, 0.717) is 18.0 Å². The van der Waals surface area contributed by atoms with Crippen LogP contribution in [-0.2, 0) is 25.7 Å². The fourth-order valence-electron chi connectivity index (χ4n) is 6.46. The topological polar surface area (TPSA) is 97.0 Å². The van der Waals surface area contributed by atoms with Gasteiger partial charge in [0, 0.05) is 22.7 Å². The van der Waals surface area contributed by atoms with E-state index < -0.39 is 29.6 Å². The van der Waals surface area contributed by atoms with E-state index in [1.54, 1.807) is 47.6 Å². The molecule has 3 aliphatic heterocycles. The van der Waals surface area contributed by atoms with E-state index in [9.17, 15) is 14.4 Å². The fraction of sp³-hybridized carbons (Fsp3) is 0.464. The molecule has 3 fully saturated rings. The second-order valence-corrected chi connectivity index (χ2v) is 11.3. The average Bonchev–Trinajstić information content (AvgIpc) is 3.68. The largest absolute Gasteiger partial charge is 0.497 e. The number of ether oxygens (including phenoxy) is 2. The van der Waals surface area contributed by atoms with Gasteiger partial charge in [0.2, 0.25) is 17.7 Å². The number of thiophene rings is 1. The van der Waals surface area contributed by atoms with Gasteiger partial charge in [-0.1, -0.05) is 43.5 Å². The summed E-state index contributed by atoms with van der Waals surface area (Å²) in [5.41, 5.74) is -0.577. The molecule has 0 radical (unpaired) electrons. The summed E-state index contributed by atoms with van der Waals surface area (Å²) >= 11 is 1.54. The van der Waals surface area contributed by atoms with Crippen molar-refractivity contribution < 1.29 is 23.9 Å². The number of methoxy groups -OCH3 is 1. The Bertz CT molecular complexity index is 1220. The Morgan fingerprint density at radius 1 is 1.16 bits per heavy atom. The van der Waals surface area contributed by atoms with Crippen LogP contribution >= 0.6 is 11.3 Å². The normalized spacial score (nSPS) is 30.4. The van der Waals surface area contributed by atoms with Crippen LogP contribution in [0.15, 0.2) is 53.9 Å². The summed E-state index contributed by atoms with van der Waals surface area (Å²) in [7, 11) is 1.57. The zero-order valence-electron chi connectivity index (χ0n) is 20.7. The molecule has 1 saturated carbocycles. The van der Waals surface area contributed by atoms with Gasteiger partial charge in [-0.15, -0.1) is 11.3 Å². The Kier molecular flexibility index (Phi) is 6.28. The molecule has 0 unspecified atom stereocenters. The zero-order chi connectivity index (χ0) is 25.6. The van der Waals surface area contributed by atoms with E-state index in [1.165, 1.54) is 6.42 Å². The van der Waals surface area contributed by atoms with Gasteiger partial charge in [0.15, 0.2) is 0 Å². The molecule has 9 heteroatoms. The van der Waals surface area contributed by atoms with E-state index >= 15 is 0 Å². The molecule has 1 spiro atoms. The van der Waals surface area contributed by atoms with Gasteiger partial charge < -0.3 is 25.0 Å². The van der Waals surface area contributed by atoms with Crippen LogP contribution < -0.4 is 15.4 Å². The van der Waals surface area contributed by atoms with Crippen molar-refractivity contribution in [1.29, 1.82) is 0 Å². The number of likely N-dealkylation sites (tertiary alicyclic amines) is 1. The number of benzene rings is 1. The lowest BCUT2D eigenvalue weighted by Gasteiger charge is -2.34. The number of hydrogen-bond donors (Lipinski definition) is 2. The molecule has 1 aliphatic carbocycles. The van der Waals surface area contributed by atoms with Gasteiger partial charge in [-0.25, -0.2) is 0 Å². The summed E-state index contributed by atoms with van der Waals surface area (Å²) in [6.07, 6.45) is 8.39. The van der Waals surface area contributed by atoms with Crippen molar-refractivity contribution in [3.63, 3.8) is 0 Å². The van der Waals surface area contributed by atoms with Gasteiger partial charge in [-0.3, -0.25) is 14.4 Å². The van der Waals surface area contributed by atoms with E-state index in [2.05, 4.69) is 10.6 Å². The Labute approximate surface area is 220 Å². The molecule has 2 N–H and O–H groups in total. The van der Waals surface area contributed by atoms with Crippen molar-refractivity contribution in [2.45, 2.75) is 62.4 Å². The number of hydrogen-bond acceptors (Lipinski definition) is 6. The summed E-state index contributed by atoms with van der Waals surface area (Å²) in [6, 6.07) is 10.3. The van der Waals surface area contributed by atoms with Crippen LogP contribution in [0.5, 0.6) is 5.75 Å². The van der Waals surface area contributed by atoms with Crippen molar-refractivity contribution in [3.8, 4) is 5.75 Å². The van der Waals surface area contributed by atoms with Crippen molar-refractivity contribution in [2.75, 3.05) is 12.4 Å². The van der Waals surface area contributed by atoms with E-state index in [1.807, 2.05) is 29.7 Å². The molecule has 4 heterocycles. The third-order valence-electron chi connectivity index (χ3n) is 8.12. The van der Waals surface area contributed by atoms with Crippen molar-refractivity contribution in [2.24, 2.45) is 11.8 Å². The standard InChI is InChI=1S/C28H31N3O5S/c1-35-19-10-5-9-18(15-19)30-25(32)22-21-12-13-28(36-21)23(22)27(34)31(16-20-11-6-14-37-20)24(28)26(33)29-17-7-3-2-4-8-17/h5-6,9-15,17,21-24H,2-4,7-8,16H2,1H3,(H,29,33)(H,30,32)/t21-,22+,23-,24-,28-/m1/s1. The molecule has 1 aromatic heterocycles. The molecule has 1 aromatic carbocycles. The lowest BCUT2D eigenvalue weighted by Crippen LogP contribution is -2.56. The van der Waals surface area contributed by atoms with Gasteiger partial charge in [0.05, 0.1) is 31.6 Å². The smallest absolute Gasteiger partial charge is 0.246 e. The molecular formula is C28H31N3O5S. The van der Waals surface area contributed by atoms with Crippen molar-refractivity contribution in [3.05, 3.63) is 58.8 Å². The number of amides is 3.